The van der Waals surface area contributed by atoms with E-state index in [4.69, 9.17) is 13.9 Å². The monoisotopic (exact) mass is 367 g/mol. The predicted octanol–water partition coefficient (Wildman–Crippen LogP) is 3.90. The van der Waals surface area contributed by atoms with E-state index in [0.717, 1.165) is 30.1 Å². The van der Waals surface area contributed by atoms with Gasteiger partial charge < -0.3 is 14.3 Å². The van der Waals surface area contributed by atoms with Gasteiger partial charge in [-0.2, -0.15) is 0 Å². The summed E-state index contributed by atoms with van der Waals surface area (Å²) in [4.78, 5) is 11.7. The summed E-state index contributed by atoms with van der Waals surface area (Å²) < 4.78 is 11.2. The van der Waals surface area contributed by atoms with Crippen LogP contribution in [0.5, 0.6) is 0 Å². The molecule has 0 spiro atoms. The number of hydrogen-bond donors (Lipinski definition) is 1. The summed E-state index contributed by atoms with van der Waals surface area (Å²) in [6.07, 6.45) is 4.23. The van der Waals surface area contributed by atoms with Crippen LogP contribution in [0.1, 0.15) is 31.2 Å². The van der Waals surface area contributed by atoms with Crippen LogP contribution >= 0.6 is 0 Å². The number of nitrogens with one attached hydrogen (secondary N) is 1. The fourth-order valence-corrected chi connectivity index (χ4v) is 3.64. The molecular formula is C20H25N5O2. The van der Waals surface area contributed by atoms with Gasteiger partial charge in [0.1, 0.15) is 11.5 Å². The Morgan fingerprint density at radius 2 is 2.15 bits per heavy atom. The lowest BCUT2D eigenvalue weighted by Gasteiger charge is -2.22. The van der Waals surface area contributed by atoms with Crippen LogP contribution in [-0.2, 0) is 0 Å². The van der Waals surface area contributed by atoms with Crippen molar-refractivity contribution in [3.63, 3.8) is 0 Å². The van der Waals surface area contributed by atoms with Crippen LogP contribution in [0, 0.1) is 13.8 Å². The van der Waals surface area contributed by atoms with E-state index in [0.29, 0.717) is 29.2 Å². The second-order valence-corrected chi connectivity index (χ2v) is 7.00. The maximum absolute atomic E-state index is 5.82. The van der Waals surface area contributed by atoms with E-state index >= 15 is 0 Å². The van der Waals surface area contributed by atoms with Gasteiger partial charge in [0.2, 0.25) is 5.95 Å². The summed E-state index contributed by atoms with van der Waals surface area (Å²) in [7, 11) is 0. The lowest BCUT2D eigenvalue weighted by atomic mass is 10.1. The molecule has 0 saturated carbocycles. The van der Waals surface area contributed by atoms with Crippen molar-refractivity contribution >= 4 is 5.95 Å². The van der Waals surface area contributed by atoms with Crippen molar-refractivity contribution in [1.82, 2.24) is 20.0 Å². The first-order valence-corrected chi connectivity index (χ1v) is 9.49. The van der Waals surface area contributed by atoms with E-state index in [-0.39, 0.29) is 0 Å². The highest BCUT2D eigenvalue weighted by atomic mass is 16.5. The SMILES string of the molecule is CCN1CCC[C@H]1CNc1ncc(-c2cc(C)no2)c(-c2ccc(C)o2)n1. The first-order valence-electron chi connectivity index (χ1n) is 9.49. The molecule has 4 rings (SSSR count). The molecule has 27 heavy (non-hydrogen) atoms. The lowest BCUT2D eigenvalue weighted by molar-refractivity contribution is 0.277. The van der Waals surface area contributed by atoms with Gasteiger partial charge in [0.05, 0.1) is 11.3 Å². The Morgan fingerprint density at radius 1 is 1.26 bits per heavy atom. The molecule has 7 nitrogen and oxygen atoms in total. The Bertz CT molecular complexity index is 917. The summed E-state index contributed by atoms with van der Waals surface area (Å²) >= 11 is 0. The summed E-state index contributed by atoms with van der Waals surface area (Å²) in [5.41, 5.74) is 2.29. The van der Waals surface area contributed by atoms with Gasteiger partial charge in [-0.15, -0.1) is 0 Å². The molecule has 4 heterocycles. The zero-order chi connectivity index (χ0) is 18.8. The Hall–Kier alpha value is -2.67. The van der Waals surface area contributed by atoms with Gasteiger partial charge in [0, 0.05) is 24.8 Å². The van der Waals surface area contributed by atoms with E-state index in [2.05, 4.69) is 27.3 Å². The molecule has 1 aliphatic rings. The molecule has 0 amide bonds. The first-order chi connectivity index (χ1) is 13.1. The van der Waals surface area contributed by atoms with Gasteiger partial charge in [-0.1, -0.05) is 12.1 Å². The maximum Gasteiger partial charge on any atom is 0.223 e. The van der Waals surface area contributed by atoms with Crippen LogP contribution in [0.25, 0.3) is 22.8 Å². The highest BCUT2D eigenvalue weighted by molar-refractivity contribution is 5.75. The van der Waals surface area contributed by atoms with Gasteiger partial charge in [-0.05, 0) is 51.9 Å². The van der Waals surface area contributed by atoms with Gasteiger partial charge in [0.25, 0.3) is 0 Å². The maximum atomic E-state index is 5.82. The van der Waals surface area contributed by atoms with Crippen LogP contribution < -0.4 is 5.32 Å². The fraction of sp³-hybridized carbons (Fsp3) is 0.450. The second kappa shape index (κ2) is 7.52. The number of aromatic nitrogens is 3. The Kier molecular flexibility index (Phi) is 4.94. The van der Waals surface area contributed by atoms with Gasteiger partial charge in [-0.3, -0.25) is 4.90 Å². The van der Waals surface area contributed by atoms with Gasteiger partial charge in [0.15, 0.2) is 11.5 Å². The third-order valence-corrected chi connectivity index (χ3v) is 5.06. The van der Waals surface area contributed by atoms with Crippen LogP contribution in [-0.4, -0.2) is 45.7 Å². The van der Waals surface area contributed by atoms with E-state index < -0.39 is 0 Å². The zero-order valence-corrected chi connectivity index (χ0v) is 16.0. The number of nitrogens with zero attached hydrogens (tertiary/aromatic N) is 4. The molecule has 0 aliphatic carbocycles. The van der Waals surface area contributed by atoms with E-state index in [9.17, 15) is 0 Å². The fourth-order valence-electron chi connectivity index (χ4n) is 3.64. The Balaban J connectivity index is 1.62. The van der Waals surface area contributed by atoms with Crippen molar-refractivity contribution < 1.29 is 8.94 Å². The molecule has 1 aliphatic heterocycles. The third-order valence-electron chi connectivity index (χ3n) is 5.06. The molecule has 3 aromatic rings. The van der Waals surface area contributed by atoms with Crippen molar-refractivity contribution in [1.29, 1.82) is 0 Å². The quantitative estimate of drug-likeness (QED) is 0.707. The van der Waals surface area contributed by atoms with Crippen LogP contribution in [0.15, 0.2) is 33.3 Å². The van der Waals surface area contributed by atoms with Crippen molar-refractivity contribution in [2.45, 2.75) is 39.7 Å². The van der Waals surface area contributed by atoms with Crippen LogP contribution in [0.4, 0.5) is 5.95 Å². The molecule has 0 unspecified atom stereocenters. The molecule has 3 aromatic heterocycles. The zero-order valence-electron chi connectivity index (χ0n) is 16.0. The minimum atomic E-state index is 0.532. The van der Waals surface area contributed by atoms with Crippen molar-refractivity contribution in [3.8, 4) is 22.8 Å². The van der Waals surface area contributed by atoms with Gasteiger partial charge in [-0.25, -0.2) is 9.97 Å². The van der Waals surface area contributed by atoms with E-state index in [1.165, 1.54) is 19.4 Å². The highest BCUT2D eigenvalue weighted by Gasteiger charge is 2.23. The standard InChI is InChI=1S/C20H25N5O2/c1-4-25-9-5-6-15(25)11-21-20-22-12-16(18-10-13(2)24-27-18)19(23-20)17-8-7-14(3)26-17/h7-8,10,12,15H,4-6,9,11H2,1-3H3,(H,21,22,23)/t15-/m0/s1. The molecule has 0 bridgehead atoms. The highest BCUT2D eigenvalue weighted by Crippen LogP contribution is 2.32. The minimum Gasteiger partial charge on any atom is -0.460 e. The van der Waals surface area contributed by atoms with Crippen molar-refractivity contribution in [2.75, 3.05) is 25.0 Å². The minimum absolute atomic E-state index is 0.532. The molecule has 0 aromatic carbocycles. The second-order valence-electron chi connectivity index (χ2n) is 7.00. The molecule has 1 fully saturated rings. The molecule has 7 heteroatoms. The summed E-state index contributed by atoms with van der Waals surface area (Å²) in [6.45, 7) is 9.10. The molecular weight excluding hydrogens is 342 g/mol. The number of rotatable bonds is 6. The summed E-state index contributed by atoms with van der Waals surface area (Å²) in [6, 6.07) is 6.26. The Morgan fingerprint density at radius 3 is 2.85 bits per heavy atom. The average molecular weight is 367 g/mol. The molecule has 142 valence electrons. The predicted molar refractivity (Wildman–Crippen MR) is 103 cm³/mol. The normalized spacial score (nSPS) is 17.5. The van der Waals surface area contributed by atoms with Crippen molar-refractivity contribution in [2.24, 2.45) is 0 Å². The number of likely N-dealkylation sites (N-methyl/N-ethyl adjacent to an activating group) is 1. The molecule has 1 N–H and O–H groups in total. The van der Waals surface area contributed by atoms with Crippen molar-refractivity contribution in [3.05, 3.63) is 35.9 Å². The third kappa shape index (κ3) is 3.73. The van der Waals surface area contributed by atoms with Crippen LogP contribution in [0.3, 0.4) is 0 Å². The number of aryl methyl sites for hydroxylation is 2. The summed E-state index contributed by atoms with van der Waals surface area (Å²) in [5, 5.41) is 7.38. The van der Waals surface area contributed by atoms with Crippen LogP contribution in [0.2, 0.25) is 0 Å². The molecule has 1 saturated heterocycles. The molecule has 0 radical (unpaired) electrons. The average Bonchev–Trinajstić information content (AvgIpc) is 3.40. The topological polar surface area (TPSA) is 80.2 Å². The number of anilines is 1. The van der Waals surface area contributed by atoms with Gasteiger partial charge >= 0.3 is 0 Å². The largest absolute Gasteiger partial charge is 0.460 e. The number of likely N-dealkylation sites (tertiary alicyclic amines) is 1. The number of furan rings is 1. The smallest absolute Gasteiger partial charge is 0.223 e. The Labute approximate surface area is 158 Å². The number of hydrogen-bond acceptors (Lipinski definition) is 7. The van der Waals surface area contributed by atoms with E-state index in [1.54, 1.807) is 6.20 Å². The summed E-state index contributed by atoms with van der Waals surface area (Å²) in [5.74, 6) is 2.76. The lowest BCUT2D eigenvalue weighted by Crippen LogP contribution is -2.34. The molecule has 1 atom stereocenters. The van der Waals surface area contributed by atoms with E-state index in [1.807, 2.05) is 32.0 Å². The first kappa shape index (κ1) is 17.7.